The Morgan fingerprint density at radius 2 is 1.92 bits per heavy atom. The molecule has 24 heavy (non-hydrogen) atoms. The summed E-state index contributed by atoms with van der Waals surface area (Å²) in [6, 6.07) is 13.0. The summed E-state index contributed by atoms with van der Waals surface area (Å²) in [6.45, 7) is 5.72. The van der Waals surface area contributed by atoms with Gasteiger partial charge in [-0.15, -0.1) is 0 Å². The van der Waals surface area contributed by atoms with Crippen LogP contribution in [0.1, 0.15) is 18.1 Å². The summed E-state index contributed by atoms with van der Waals surface area (Å²) in [4.78, 5) is 26.1. The van der Waals surface area contributed by atoms with Crippen LogP contribution in [0.4, 0.5) is 11.4 Å². The number of anilines is 2. The van der Waals surface area contributed by atoms with E-state index >= 15 is 0 Å². The third-order valence-electron chi connectivity index (χ3n) is 4.18. The third kappa shape index (κ3) is 3.11. The Morgan fingerprint density at radius 1 is 1.17 bits per heavy atom. The zero-order valence-corrected chi connectivity index (χ0v) is 14.0. The summed E-state index contributed by atoms with van der Waals surface area (Å²) in [5, 5.41) is 2.77. The second kappa shape index (κ2) is 6.35. The number of aryl methyl sites for hydroxylation is 2. The van der Waals surface area contributed by atoms with Gasteiger partial charge in [0.25, 0.3) is 5.91 Å². The predicted molar refractivity (Wildman–Crippen MR) is 93.4 cm³/mol. The van der Waals surface area contributed by atoms with E-state index in [0.29, 0.717) is 17.1 Å². The Balaban J connectivity index is 1.80. The van der Waals surface area contributed by atoms with Gasteiger partial charge in [0.05, 0.1) is 11.4 Å². The molecule has 124 valence electrons. The molecule has 0 saturated heterocycles. The Morgan fingerprint density at radius 3 is 2.67 bits per heavy atom. The molecule has 0 radical (unpaired) electrons. The zero-order valence-electron chi connectivity index (χ0n) is 14.0. The average molecular weight is 324 g/mol. The lowest BCUT2D eigenvalue weighted by Crippen LogP contribution is -2.47. The standard InChI is InChI=1S/C19H20N2O3/c1-12-8-9-15(10-13(12)2)24-14(3)19(23)21-11-18(22)20-16-6-4-5-7-17(16)21/h4-10,14H,11H2,1-3H3,(H,20,22)/t14-/m1/s1. The van der Waals surface area contributed by atoms with Crippen LogP contribution in [-0.4, -0.2) is 24.5 Å². The quantitative estimate of drug-likeness (QED) is 0.944. The number of nitrogens with zero attached hydrogens (tertiary/aromatic N) is 1. The average Bonchev–Trinajstić information content (AvgIpc) is 2.56. The number of amides is 2. The second-order valence-electron chi connectivity index (χ2n) is 6.00. The first-order chi connectivity index (χ1) is 11.5. The third-order valence-corrected chi connectivity index (χ3v) is 4.18. The van der Waals surface area contributed by atoms with Crippen LogP contribution in [0.2, 0.25) is 0 Å². The van der Waals surface area contributed by atoms with Crippen molar-refractivity contribution in [2.24, 2.45) is 0 Å². The summed E-state index contributed by atoms with van der Waals surface area (Å²) in [6.07, 6.45) is -0.689. The minimum atomic E-state index is -0.689. The highest BCUT2D eigenvalue weighted by Gasteiger charge is 2.30. The van der Waals surface area contributed by atoms with Gasteiger partial charge in [-0.2, -0.15) is 0 Å². The first-order valence-electron chi connectivity index (χ1n) is 7.90. The molecule has 0 aliphatic carbocycles. The van der Waals surface area contributed by atoms with E-state index in [4.69, 9.17) is 4.74 Å². The van der Waals surface area contributed by atoms with Crippen molar-refractivity contribution >= 4 is 23.2 Å². The van der Waals surface area contributed by atoms with Gasteiger partial charge in [0.15, 0.2) is 6.10 Å². The summed E-state index contributed by atoms with van der Waals surface area (Å²) in [5.74, 6) is 0.199. The molecule has 0 fully saturated rings. The van der Waals surface area contributed by atoms with Crippen LogP contribution in [0.5, 0.6) is 5.75 Å². The number of benzene rings is 2. The molecule has 0 unspecified atom stereocenters. The molecule has 0 aromatic heterocycles. The van der Waals surface area contributed by atoms with Gasteiger partial charge < -0.3 is 10.1 Å². The number of carbonyl (C=O) groups excluding carboxylic acids is 2. The van der Waals surface area contributed by atoms with Crippen LogP contribution in [0.25, 0.3) is 0 Å². The SMILES string of the molecule is Cc1ccc(O[C@H](C)C(=O)N2CC(=O)Nc3ccccc32)cc1C. The highest BCUT2D eigenvalue weighted by molar-refractivity contribution is 6.10. The summed E-state index contributed by atoms with van der Waals surface area (Å²) < 4.78 is 5.79. The first-order valence-corrected chi connectivity index (χ1v) is 7.90. The van der Waals surface area contributed by atoms with Gasteiger partial charge in [-0.1, -0.05) is 18.2 Å². The van der Waals surface area contributed by atoms with Crippen molar-refractivity contribution in [1.29, 1.82) is 0 Å². The number of nitrogens with one attached hydrogen (secondary N) is 1. The number of carbonyl (C=O) groups is 2. The molecule has 1 aliphatic rings. The molecule has 2 amide bonds. The van der Waals surface area contributed by atoms with Gasteiger partial charge in [0, 0.05) is 0 Å². The lowest BCUT2D eigenvalue weighted by molar-refractivity contribution is -0.126. The Labute approximate surface area is 141 Å². The fourth-order valence-electron chi connectivity index (χ4n) is 2.69. The van der Waals surface area contributed by atoms with Crippen molar-refractivity contribution in [3.63, 3.8) is 0 Å². The van der Waals surface area contributed by atoms with E-state index < -0.39 is 6.10 Å². The van der Waals surface area contributed by atoms with Gasteiger partial charge >= 0.3 is 0 Å². The molecule has 2 aromatic carbocycles. The van der Waals surface area contributed by atoms with Gasteiger partial charge in [0.1, 0.15) is 12.3 Å². The fraction of sp³-hybridized carbons (Fsp3) is 0.263. The molecular weight excluding hydrogens is 304 g/mol. The highest BCUT2D eigenvalue weighted by Crippen LogP contribution is 2.29. The highest BCUT2D eigenvalue weighted by atomic mass is 16.5. The van der Waals surface area contributed by atoms with E-state index in [2.05, 4.69) is 5.32 Å². The maximum atomic E-state index is 12.8. The van der Waals surface area contributed by atoms with Gasteiger partial charge in [0.2, 0.25) is 5.91 Å². The number of fused-ring (bicyclic) bond motifs is 1. The van der Waals surface area contributed by atoms with Crippen LogP contribution in [0.3, 0.4) is 0 Å². The number of ether oxygens (including phenoxy) is 1. The molecule has 0 bridgehead atoms. The number of hydrogen-bond acceptors (Lipinski definition) is 3. The molecule has 1 heterocycles. The smallest absolute Gasteiger partial charge is 0.268 e. The van der Waals surface area contributed by atoms with Gasteiger partial charge in [-0.05, 0) is 56.2 Å². The second-order valence-corrected chi connectivity index (χ2v) is 6.00. The van der Waals surface area contributed by atoms with E-state index in [0.717, 1.165) is 5.56 Å². The zero-order chi connectivity index (χ0) is 17.3. The van der Waals surface area contributed by atoms with Crippen molar-refractivity contribution in [3.8, 4) is 5.75 Å². The van der Waals surface area contributed by atoms with Crippen LogP contribution >= 0.6 is 0 Å². The van der Waals surface area contributed by atoms with Crippen molar-refractivity contribution < 1.29 is 14.3 Å². The fourth-order valence-corrected chi connectivity index (χ4v) is 2.69. The lowest BCUT2D eigenvalue weighted by atomic mass is 10.1. The van der Waals surface area contributed by atoms with Crippen LogP contribution in [-0.2, 0) is 9.59 Å². The topological polar surface area (TPSA) is 58.6 Å². The molecule has 1 N–H and O–H groups in total. The summed E-state index contributed by atoms with van der Waals surface area (Å²) in [7, 11) is 0. The number of para-hydroxylation sites is 2. The van der Waals surface area contributed by atoms with E-state index in [-0.39, 0.29) is 18.4 Å². The Hall–Kier alpha value is -2.82. The van der Waals surface area contributed by atoms with Crippen LogP contribution in [0, 0.1) is 13.8 Å². The van der Waals surface area contributed by atoms with Crippen molar-refractivity contribution in [2.75, 3.05) is 16.8 Å². The van der Waals surface area contributed by atoms with E-state index in [1.807, 2.05) is 50.2 Å². The minimum absolute atomic E-state index is 0.00350. The Bertz CT molecular complexity index is 801. The largest absolute Gasteiger partial charge is 0.481 e. The molecule has 5 heteroatoms. The molecular formula is C19H20N2O3. The summed E-state index contributed by atoms with van der Waals surface area (Å²) >= 11 is 0. The van der Waals surface area contributed by atoms with Crippen LogP contribution < -0.4 is 15.0 Å². The normalized spacial score (nSPS) is 14.6. The number of hydrogen-bond donors (Lipinski definition) is 1. The molecule has 1 aliphatic heterocycles. The first kappa shape index (κ1) is 16.1. The molecule has 1 atom stereocenters. The Kier molecular flexibility index (Phi) is 4.25. The van der Waals surface area contributed by atoms with Crippen molar-refractivity contribution in [2.45, 2.75) is 26.9 Å². The lowest BCUT2D eigenvalue weighted by Gasteiger charge is -2.31. The van der Waals surface area contributed by atoms with E-state index in [9.17, 15) is 9.59 Å². The molecule has 0 spiro atoms. The van der Waals surface area contributed by atoms with Crippen molar-refractivity contribution in [3.05, 3.63) is 53.6 Å². The minimum Gasteiger partial charge on any atom is -0.481 e. The molecule has 5 nitrogen and oxygen atoms in total. The van der Waals surface area contributed by atoms with Crippen LogP contribution in [0.15, 0.2) is 42.5 Å². The molecule has 3 rings (SSSR count). The maximum absolute atomic E-state index is 12.8. The van der Waals surface area contributed by atoms with Gasteiger partial charge in [-0.3, -0.25) is 14.5 Å². The predicted octanol–water partition coefficient (Wildman–Crippen LogP) is 3.06. The van der Waals surface area contributed by atoms with E-state index in [1.54, 1.807) is 13.0 Å². The van der Waals surface area contributed by atoms with E-state index in [1.165, 1.54) is 10.5 Å². The summed E-state index contributed by atoms with van der Waals surface area (Å²) in [5.41, 5.74) is 3.61. The molecule has 2 aromatic rings. The van der Waals surface area contributed by atoms with Crippen molar-refractivity contribution in [1.82, 2.24) is 0 Å². The van der Waals surface area contributed by atoms with Gasteiger partial charge in [-0.25, -0.2) is 0 Å². The molecule has 0 saturated carbocycles. The maximum Gasteiger partial charge on any atom is 0.268 e. The number of rotatable bonds is 3. The monoisotopic (exact) mass is 324 g/mol.